The van der Waals surface area contributed by atoms with Crippen LogP contribution in [0.1, 0.15) is 6.92 Å². The van der Waals surface area contributed by atoms with Gasteiger partial charge in [-0.15, -0.1) is 0 Å². The van der Waals surface area contributed by atoms with Crippen molar-refractivity contribution in [1.29, 1.82) is 0 Å². The highest BCUT2D eigenvalue weighted by molar-refractivity contribution is 6.39. The summed E-state index contributed by atoms with van der Waals surface area (Å²) in [6.07, 6.45) is 0. The van der Waals surface area contributed by atoms with E-state index in [-0.39, 0.29) is 12.2 Å². The molecule has 0 radical (unpaired) electrons. The first-order valence-corrected chi connectivity index (χ1v) is 4.29. The van der Waals surface area contributed by atoms with Gasteiger partial charge in [-0.2, -0.15) is 0 Å². The fraction of sp³-hybridized carbons (Fsp3) is 0.250. The molecule has 0 spiro atoms. The molecule has 1 rings (SSSR count). The van der Waals surface area contributed by atoms with Gasteiger partial charge in [0.2, 0.25) is 0 Å². The third kappa shape index (κ3) is 1.82. The van der Waals surface area contributed by atoms with Crippen molar-refractivity contribution in [2.45, 2.75) is 6.92 Å². The summed E-state index contributed by atoms with van der Waals surface area (Å²) in [5.41, 5.74) is 0.239. The summed E-state index contributed by atoms with van der Waals surface area (Å²) in [6.45, 7) is 1.91. The van der Waals surface area contributed by atoms with Gasteiger partial charge >= 0.3 is 0 Å². The molecule has 0 aliphatic heterocycles. The van der Waals surface area contributed by atoms with Crippen LogP contribution < -0.4 is 5.12 Å². The molecule has 0 amide bonds. The molecule has 0 aliphatic carbocycles. The summed E-state index contributed by atoms with van der Waals surface area (Å²) < 4.78 is 13.1. The Hall–Kier alpha value is -0.470. The van der Waals surface area contributed by atoms with Crippen LogP contribution in [0, 0.1) is 0 Å². The average Bonchev–Trinajstić information content (AvgIpc) is 2.03. The minimum Gasteiger partial charge on any atom is -0.209 e. The molecule has 0 heterocycles. The normalized spacial score (nSPS) is 10.0. The Labute approximate surface area is 80.6 Å². The third-order valence-electron chi connectivity index (χ3n) is 1.46. The number of hydrogen-bond donors (Lipinski definition) is 0. The number of anilines is 1. The summed E-state index contributed by atoms with van der Waals surface area (Å²) >= 11 is 11.5. The van der Waals surface area contributed by atoms with Crippen LogP contribution in [0.15, 0.2) is 18.2 Å². The summed E-state index contributed by atoms with van der Waals surface area (Å²) in [6, 6.07) is 4.88. The van der Waals surface area contributed by atoms with Gasteiger partial charge in [-0.1, -0.05) is 33.7 Å². The van der Waals surface area contributed by atoms with Crippen LogP contribution in [-0.4, -0.2) is 6.54 Å². The van der Waals surface area contributed by atoms with Crippen LogP contribution in [-0.2, 0) is 0 Å². The van der Waals surface area contributed by atoms with Crippen LogP contribution in [0.25, 0.3) is 0 Å². The van der Waals surface area contributed by atoms with E-state index >= 15 is 0 Å². The molecule has 0 N–H and O–H groups in total. The van der Waals surface area contributed by atoms with E-state index in [9.17, 15) is 4.48 Å². The quantitative estimate of drug-likeness (QED) is 0.669. The van der Waals surface area contributed by atoms with E-state index in [4.69, 9.17) is 23.2 Å². The van der Waals surface area contributed by atoms with Crippen molar-refractivity contribution in [3.63, 3.8) is 0 Å². The Balaban J connectivity index is 3.12. The molecule has 0 saturated heterocycles. The number of nitrogens with zero attached hydrogens (tertiary/aromatic N) is 1. The smallest absolute Gasteiger partial charge is 0.106 e. The van der Waals surface area contributed by atoms with Gasteiger partial charge in [0.05, 0.1) is 10.0 Å². The topological polar surface area (TPSA) is 3.24 Å². The summed E-state index contributed by atoms with van der Waals surface area (Å²) in [7, 11) is 0. The summed E-state index contributed by atoms with van der Waals surface area (Å²) in [4.78, 5) is 0. The van der Waals surface area contributed by atoms with Gasteiger partial charge in [-0.05, 0) is 19.1 Å². The van der Waals surface area contributed by atoms with Gasteiger partial charge in [-0.25, -0.2) is 5.12 Å². The molecule has 66 valence electrons. The van der Waals surface area contributed by atoms with E-state index < -0.39 is 0 Å². The van der Waals surface area contributed by atoms with Crippen molar-refractivity contribution >= 4 is 28.9 Å². The maximum atomic E-state index is 13.1. The molecule has 1 nitrogen and oxygen atoms in total. The molecule has 0 unspecified atom stereocenters. The van der Waals surface area contributed by atoms with Crippen molar-refractivity contribution in [3.05, 3.63) is 28.2 Å². The monoisotopic (exact) mass is 207 g/mol. The molecular formula is C8H8Cl2FN. The zero-order valence-corrected chi connectivity index (χ0v) is 8.03. The van der Waals surface area contributed by atoms with Gasteiger partial charge in [0.1, 0.15) is 5.69 Å². The molecule has 0 atom stereocenters. The highest BCUT2D eigenvalue weighted by atomic mass is 35.5. The second kappa shape index (κ2) is 3.97. The number of benzene rings is 1. The second-order valence-corrected chi connectivity index (χ2v) is 3.06. The summed E-state index contributed by atoms with van der Waals surface area (Å²) in [5, 5.41) is 1.17. The highest BCUT2D eigenvalue weighted by Gasteiger charge is 2.11. The standard InChI is InChI=1S/C8H8Cl2FN/c1-2-12(11)8-6(9)4-3-5-7(8)10/h3-5H,2H2,1H3. The van der Waals surface area contributed by atoms with Crippen molar-refractivity contribution < 1.29 is 4.48 Å². The molecule has 0 saturated carbocycles. The fourth-order valence-corrected chi connectivity index (χ4v) is 1.46. The second-order valence-electron chi connectivity index (χ2n) is 2.25. The van der Waals surface area contributed by atoms with Crippen molar-refractivity contribution in [2.75, 3.05) is 11.7 Å². The van der Waals surface area contributed by atoms with Crippen LogP contribution in [0.4, 0.5) is 10.2 Å². The first-order valence-electron chi connectivity index (χ1n) is 3.54. The minimum absolute atomic E-state index is 0.226. The van der Waals surface area contributed by atoms with Gasteiger partial charge in [0, 0.05) is 6.54 Å². The van der Waals surface area contributed by atoms with Gasteiger partial charge in [0.15, 0.2) is 0 Å². The molecule has 1 aromatic rings. The Morgan fingerprint density at radius 1 is 1.33 bits per heavy atom. The predicted molar refractivity (Wildman–Crippen MR) is 50.6 cm³/mol. The third-order valence-corrected chi connectivity index (χ3v) is 2.07. The zero-order chi connectivity index (χ0) is 9.14. The first-order chi connectivity index (χ1) is 5.66. The fourth-order valence-electron chi connectivity index (χ4n) is 0.879. The number of halogens is 3. The van der Waals surface area contributed by atoms with E-state index in [1.807, 2.05) is 0 Å². The lowest BCUT2D eigenvalue weighted by Crippen LogP contribution is -2.10. The van der Waals surface area contributed by atoms with Gasteiger partial charge in [0.25, 0.3) is 0 Å². The van der Waals surface area contributed by atoms with E-state index in [2.05, 4.69) is 0 Å². The van der Waals surface area contributed by atoms with E-state index in [1.165, 1.54) is 0 Å². The Morgan fingerprint density at radius 2 is 1.83 bits per heavy atom. The van der Waals surface area contributed by atoms with E-state index in [0.717, 1.165) is 0 Å². The molecule has 0 aliphatic rings. The molecule has 0 bridgehead atoms. The molecule has 12 heavy (non-hydrogen) atoms. The van der Waals surface area contributed by atoms with Gasteiger partial charge < -0.3 is 0 Å². The van der Waals surface area contributed by atoms with Crippen LogP contribution in [0.3, 0.4) is 0 Å². The molecule has 4 heteroatoms. The molecule has 0 aromatic heterocycles. The molecule has 0 fully saturated rings. The Morgan fingerprint density at radius 3 is 2.25 bits per heavy atom. The van der Waals surface area contributed by atoms with Crippen molar-refractivity contribution in [2.24, 2.45) is 0 Å². The highest BCUT2D eigenvalue weighted by Crippen LogP contribution is 2.33. The van der Waals surface area contributed by atoms with Crippen LogP contribution in [0.2, 0.25) is 10.0 Å². The average molecular weight is 208 g/mol. The maximum absolute atomic E-state index is 13.1. The molecule has 1 aromatic carbocycles. The lowest BCUT2D eigenvalue weighted by molar-refractivity contribution is 0.445. The largest absolute Gasteiger partial charge is 0.209 e. The first kappa shape index (κ1) is 9.62. The minimum atomic E-state index is 0.226. The summed E-state index contributed by atoms with van der Waals surface area (Å²) in [5.74, 6) is 0. The number of para-hydroxylation sites is 1. The maximum Gasteiger partial charge on any atom is 0.106 e. The Bertz CT molecular complexity index is 258. The predicted octanol–water partition coefficient (Wildman–Crippen LogP) is 3.70. The van der Waals surface area contributed by atoms with Crippen molar-refractivity contribution in [1.82, 2.24) is 0 Å². The number of hydrogen-bond acceptors (Lipinski definition) is 1. The van der Waals surface area contributed by atoms with Crippen LogP contribution >= 0.6 is 23.2 Å². The SMILES string of the molecule is CCN(F)c1c(Cl)cccc1Cl. The zero-order valence-electron chi connectivity index (χ0n) is 6.52. The molecular weight excluding hydrogens is 200 g/mol. The van der Waals surface area contributed by atoms with Gasteiger partial charge in [-0.3, -0.25) is 0 Å². The number of rotatable bonds is 2. The lowest BCUT2D eigenvalue weighted by Gasteiger charge is -2.13. The van der Waals surface area contributed by atoms with E-state index in [1.54, 1.807) is 25.1 Å². The lowest BCUT2D eigenvalue weighted by atomic mass is 10.3. The van der Waals surface area contributed by atoms with E-state index in [0.29, 0.717) is 15.2 Å². The van der Waals surface area contributed by atoms with Crippen molar-refractivity contribution in [3.8, 4) is 0 Å². The van der Waals surface area contributed by atoms with Crippen LogP contribution in [0.5, 0.6) is 0 Å². The Kier molecular flexibility index (Phi) is 3.18.